The van der Waals surface area contributed by atoms with Gasteiger partial charge in [-0.15, -0.1) is 0 Å². The van der Waals surface area contributed by atoms with Crippen LogP contribution in [0.2, 0.25) is 10.0 Å². The third-order valence-corrected chi connectivity index (χ3v) is 4.51. The van der Waals surface area contributed by atoms with Crippen molar-refractivity contribution in [2.24, 2.45) is 10.2 Å². The molecule has 1 atom stereocenters. The van der Waals surface area contributed by atoms with E-state index in [-0.39, 0.29) is 16.5 Å². The molecule has 0 bridgehead atoms. The first kappa shape index (κ1) is 21.7. The van der Waals surface area contributed by atoms with Crippen molar-refractivity contribution in [1.82, 2.24) is 0 Å². The molecule has 2 aromatic rings. The largest absolute Gasteiger partial charge is 0.497 e. The van der Waals surface area contributed by atoms with E-state index in [2.05, 4.69) is 15.5 Å². The number of nitrogens with zero attached hydrogens (tertiary/aromatic N) is 2. The lowest BCUT2D eigenvalue weighted by Crippen LogP contribution is -2.32. The number of carbonyl (C=O) groups is 2. The number of hydrogen-bond donors (Lipinski definition) is 1. The molecule has 0 saturated carbocycles. The molecule has 0 radical (unpaired) electrons. The summed E-state index contributed by atoms with van der Waals surface area (Å²) < 4.78 is 10.3. The second-order valence-corrected chi connectivity index (χ2v) is 6.65. The van der Waals surface area contributed by atoms with Crippen molar-refractivity contribution in [3.8, 4) is 11.5 Å². The molecule has 2 rings (SSSR count). The van der Waals surface area contributed by atoms with Crippen molar-refractivity contribution in [1.29, 1.82) is 0 Å². The van der Waals surface area contributed by atoms with Crippen molar-refractivity contribution in [3.05, 3.63) is 45.9 Å². The van der Waals surface area contributed by atoms with E-state index in [1.165, 1.54) is 27.2 Å². The number of nitrogens with one attached hydrogen (secondary N) is 1. The molecule has 0 aliphatic heterocycles. The number of ether oxygens (including phenoxy) is 2. The zero-order valence-electron chi connectivity index (χ0n) is 15.7. The summed E-state index contributed by atoms with van der Waals surface area (Å²) in [6, 6.07) is 6.75. The number of hydrogen-bond acceptors (Lipinski definition) is 6. The molecule has 2 aromatic carbocycles. The van der Waals surface area contributed by atoms with Gasteiger partial charge in [-0.2, -0.15) is 10.2 Å². The van der Waals surface area contributed by atoms with Crippen LogP contribution in [-0.4, -0.2) is 32.0 Å². The van der Waals surface area contributed by atoms with Gasteiger partial charge in [0.2, 0.25) is 6.04 Å². The number of methoxy groups -OCH3 is 2. The van der Waals surface area contributed by atoms with Crippen LogP contribution in [0.5, 0.6) is 11.5 Å². The van der Waals surface area contributed by atoms with E-state index in [9.17, 15) is 9.59 Å². The normalized spacial score (nSPS) is 11.9. The van der Waals surface area contributed by atoms with E-state index in [1.54, 1.807) is 24.3 Å². The fourth-order valence-electron chi connectivity index (χ4n) is 2.24. The second-order valence-electron chi connectivity index (χ2n) is 5.84. The summed E-state index contributed by atoms with van der Waals surface area (Å²) in [6.07, 6.45) is 0. The van der Waals surface area contributed by atoms with Crippen LogP contribution in [0.1, 0.15) is 12.5 Å². The minimum atomic E-state index is -1.36. The standard InChI is InChI=1S/C19H19Cl2N3O4/c1-10-5-6-12(7-14(10)20)23-24-17(11(2)25)19(26)22-18-15(21)8-13(27-3)9-16(18)28-4/h5-9,17H,1-4H3,(H,22,26). The van der Waals surface area contributed by atoms with Crippen LogP contribution >= 0.6 is 23.2 Å². The van der Waals surface area contributed by atoms with Crippen LogP contribution in [0, 0.1) is 6.92 Å². The smallest absolute Gasteiger partial charge is 0.258 e. The van der Waals surface area contributed by atoms with Crippen molar-refractivity contribution in [2.45, 2.75) is 19.9 Å². The number of halogens is 2. The van der Waals surface area contributed by atoms with Gasteiger partial charge in [0.25, 0.3) is 5.91 Å². The SMILES string of the molecule is COc1cc(Cl)c(NC(=O)C(N=Nc2ccc(C)c(Cl)c2)C(C)=O)c(OC)c1. The Morgan fingerprint density at radius 2 is 1.79 bits per heavy atom. The Hall–Kier alpha value is -2.64. The first-order chi connectivity index (χ1) is 13.3. The lowest BCUT2D eigenvalue weighted by Gasteiger charge is -2.15. The molecule has 0 spiro atoms. The summed E-state index contributed by atoms with van der Waals surface area (Å²) in [4.78, 5) is 24.5. The number of benzene rings is 2. The van der Waals surface area contributed by atoms with Gasteiger partial charge in [-0.3, -0.25) is 9.59 Å². The van der Waals surface area contributed by atoms with E-state index < -0.39 is 17.7 Å². The Labute approximate surface area is 172 Å². The Balaban J connectivity index is 2.27. The molecule has 1 N–H and O–H groups in total. The van der Waals surface area contributed by atoms with Crippen LogP contribution in [0.25, 0.3) is 0 Å². The van der Waals surface area contributed by atoms with Gasteiger partial charge in [-0.25, -0.2) is 0 Å². The van der Waals surface area contributed by atoms with Gasteiger partial charge in [0.1, 0.15) is 17.2 Å². The molecule has 0 fully saturated rings. The average molecular weight is 424 g/mol. The molecular weight excluding hydrogens is 405 g/mol. The van der Waals surface area contributed by atoms with E-state index in [0.717, 1.165) is 5.56 Å². The Morgan fingerprint density at radius 1 is 1.07 bits per heavy atom. The van der Waals surface area contributed by atoms with Gasteiger partial charge in [0.15, 0.2) is 5.78 Å². The molecule has 0 saturated heterocycles. The number of aryl methyl sites for hydroxylation is 1. The quantitative estimate of drug-likeness (QED) is 0.501. The van der Waals surface area contributed by atoms with Gasteiger partial charge in [-0.05, 0) is 31.5 Å². The van der Waals surface area contributed by atoms with Crippen molar-refractivity contribution >= 4 is 46.3 Å². The summed E-state index contributed by atoms with van der Waals surface area (Å²) in [6.45, 7) is 3.10. The fraction of sp³-hybridized carbons (Fsp3) is 0.263. The van der Waals surface area contributed by atoms with Gasteiger partial charge in [-0.1, -0.05) is 29.3 Å². The summed E-state index contributed by atoms with van der Waals surface area (Å²) in [5.74, 6) is -0.441. The van der Waals surface area contributed by atoms with Gasteiger partial charge in [0.05, 0.1) is 24.9 Å². The lowest BCUT2D eigenvalue weighted by molar-refractivity contribution is -0.126. The maximum Gasteiger partial charge on any atom is 0.258 e. The molecule has 0 aliphatic carbocycles. The number of anilines is 1. The zero-order valence-corrected chi connectivity index (χ0v) is 17.3. The van der Waals surface area contributed by atoms with E-state index in [4.69, 9.17) is 32.7 Å². The molecule has 9 heteroatoms. The molecule has 0 heterocycles. The van der Waals surface area contributed by atoms with E-state index in [1.807, 2.05) is 6.92 Å². The Morgan fingerprint density at radius 3 is 2.36 bits per heavy atom. The molecule has 1 unspecified atom stereocenters. The molecule has 0 aromatic heterocycles. The minimum Gasteiger partial charge on any atom is -0.497 e. The number of amides is 1. The Kier molecular flexibility index (Phi) is 7.37. The fourth-order valence-corrected chi connectivity index (χ4v) is 2.66. The van der Waals surface area contributed by atoms with E-state index >= 15 is 0 Å². The monoisotopic (exact) mass is 423 g/mol. The predicted molar refractivity (Wildman–Crippen MR) is 108 cm³/mol. The number of Topliss-reactive ketones (excluding diaryl/α,β-unsaturated/α-hetero) is 1. The highest BCUT2D eigenvalue weighted by molar-refractivity contribution is 6.34. The summed E-state index contributed by atoms with van der Waals surface area (Å²) in [5, 5.41) is 11.1. The van der Waals surface area contributed by atoms with Gasteiger partial charge in [0, 0.05) is 17.2 Å². The second kappa shape index (κ2) is 9.52. The molecular formula is C19H19Cl2N3O4. The first-order valence-electron chi connectivity index (χ1n) is 8.16. The third-order valence-electron chi connectivity index (χ3n) is 3.81. The van der Waals surface area contributed by atoms with Crippen LogP contribution in [0.3, 0.4) is 0 Å². The summed E-state index contributed by atoms with van der Waals surface area (Å²) in [5.41, 5.74) is 1.51. The highest BCUT2D eigenvalue weighted by Gasteiger charge is 2.25. The van der Waals surface area contributed by atoms with Crippen LogP contribution < -0.4 is 14.8 Å². The van der Waals surface area contributed by atoms with Gasteiger partial charge < -0.3 is 14.8 Å². The summed E-state index contributed by atoms with van der Waals surface area (Å²) >= 11 is 12.2. The van der Waals surface area contributed by atoms with Crippen LogP contribution in [0.15, 0.2) is 40.6 Å². The van der Waals surface area contributed by atoms with Crippen molar-refractivity contribution < 1.29 is 19.1 Å². The first-order valence-corrected chi connectivity index (χ1v) is 8.92. The van der Waals surface area contributed by atoms with Gasteiger partial charge >= 0.3 is 0 Å². The van der Waals surface area contributed by atoms with Crippen molar-refractivity contribution in [2.75, 3.05) is 19.5 Å². The maximum atomic E-state index is 12.6. The highest BCUT2D eigenvalue weighted by atomic mass is 35.5. The summed E-state index contributed by atoms with van der Waals surface area (Å²) in [7, 11) is 2.90. The molecule has 148 valence electrons. The lowest BCUT2D eigenvalue weighted by atomic mass is 10.2. The molecule has 0 aliphatic rings. The topological polar surface area (TPSA) is 89.4 Å². The number of ketones is 1. The Bertz CT molecular complexity index is 932. The molecule has 1 amide bonds. The molecule has 28 heavy (non-hydrogen) atoms. The number of azo groups is 1. The highest BCUT2D eigenvalue weighted by Crippen LogP contribution is 2.37. The van der Waals surface area contributed by atoms with Crippen molar-refractivity contribution in [3.63, 3.8) is 0 Å². The number of carbonyl (C=O) groups excluding carboxylic acids is 2. The third kappa shape index (κ3) is 5.21. The number of rotatable bonds is 7. The minimum absolute atomic E-state index is 0.189. The van der Waals surface area contributed by atoms with Crippen LogP contribution in [-0.2, 0) is 9.59 Å². The predicted octanol–water partition coefficient (Wildman–Crippen LogP) is 5.00. The maximum absolute atomic E-state index is 12.6. The van der Waals surface area contributed by atoms with Crippen LogP contribution in [0.4, 0.5) is 11.4 Å². The average Bonchev–Trinajstić information content (AvgIpc) is 2.65. The zero-order chi connectivity index (χ0) is 20.8. The molecule has 7 nitrogen and oxygen atoms in total. The van der Waals surface area contributed by atoms with E-state index in [0.29, 0.717) is 16.5 Å².